The molecule has 0 unspecified atom stereocenters. The molecule has 1 N–H and O–H groups in total. The number of carbonyl (C=O) groups excluding carboxylic acids is 1. The maximum atomic E-state index is 11.1. The van der Waals surface area contributed by atoms with E-state index in [1.165, 1.54) is 0 Å². The summed E-state index contributed by atoms with van der Waals surface area (Å²) in [4.78, 5) is 21.5. The Kier molecular flexibility index (Phi) is 6.45. The molecule has 0 saturated carbocycles. The SMILES string of the molecule is C[C@H](NC=O)[C@H](O[C@H](C[N+](=O)[O-])c1ccccc1)c1ccccc1. The van der Waals surface area contributed by atoms with Gasteiger partial charge in [0.05, 0.1) is 6.04 Å². The zero-order valence-corrected chi connectivity index (χ0v) is 13.4. The van der Waals surface area contributed by atoms with Crippen molar-refractivity contribution in [2.24, 2.45) is 0 Å². The summed E-state index contributed by atoms with van der Waals surface area (Å²) >= 11 is 0. The van der Waals surface area contributed by atoms with Crippen LogP contribution >= 0.6 is 0 Å². The average Bonchev–Trinajstić information content (AvgIpc) is 2.60. The predicted octanol–water partition coefficient (Wildman–Crippen LogP) is 2.90. The van der Waals surface area contributed by atoms with E-state index in [1.54, 1.807) is 19.1 Å². The lowest BCUT2D eigenvalue weighted by Crippen LogP contribution is -2.34. The zero-order valence-electron chi connectivity index (χ0n) is 13.4. The molecule has 2 aromatic rings. The highest BCUT2D eigenvalue weighted by atomic mass is 16.6. The van der Waals surface area contributed by atoms with Gasteiger partial charge in [0.2, 0.25) is 13.0 Å². The first-order valence-electron chi connectivity index (χ1n) is 7.68. The summed E-state index contributed by atoms with van der Waals surface area (Å²) in [5.41, 5.74) is 1.58. The van der Waals surface area contributed by atoms with E-state index >= 15 is 0 Å². The number of nitro groups is 1. The van der Waals surface area contributed by atoms with Crippen molar-refractivity contribution in [2.45, 2.75) is 25.2 Å². The lowest BCUT2D eigenvalue weighted by molar-refractivity contribution is -0.494. The van der Waals surface area contributed by atoms with Gasteiger partial charge in [0, 0.05) is 4.92 Å². The first-order chi connectivity index (χ1) is 11.6. The van der Waals surface area contributed by atoms with Gasteiger partial charge in [-0.25, -0.2) is 0 Å². The third-order valence-electron chi connectivity index (χ3n) is 3.71. The third-order valence-corrected chi connectivity index (χ3v) is 3.71. The van der Waals surface area contributed by atoms with E-state index in [0.717, 1.165) is 11.1 Å². The molecular formula is C18H20N2O4. The number of benzene rings is 2. The summed E-state index contributed by atoms with van der Waals surface area (Å²) in [6.45, 7) is 1.46. The third kappa shape index (κ3) is 4.89. The van der Waals surface area contributed by atoms with E-state index in [-0.39, 0.29) is 12.6 Å². The Morgan fingerprint density at radius 3 is 2.12 bits per heavy atom. The van der Waals surface area contributed by atoms with Crippen molar-refractivity contribution in [3.05, 3.63) is 81.9 Å². The first kappa shape index (κ1) is 17.6. The molecule has 126 valence electrons. The summed E-state index contributed by atoms with van der Waals surface area (Å²) in [5.74, 6) is 0. The van der Waals surface area contributed by atoms with Crippen LogP contribution in [0.15, 0.2) is 60.7 Å². The molecule has 2 aromatic carbocycles. The molecule has 0 aliphatic rings. The normalized spacial score (nSPS) is 14.4. The highest BCUT2D eigenvalue weighted by Gasteiger charge is 2.27. The maximum Gasteiger partial charge on any atom is 0.233 e. The molecule has 0 radical (unpaired) electrons. The Balaban J connectivity index is 2.30. The first-order valence-corrected chi connectivity index (χ1v) is 7.68. The Hall–Kier alpha value is -2.73. The lowest BCUT2D eigenvalue weighted by Gasteiger charge is -2.28. The molecular weight excluding hydrogens is 308 g/mol. The monoisotopic (exact) mass is 328 g/mol. The van der Waals surface area contributed by atoms with Gasteiger partial charge in [-0.1, -0.05) is 60.7 Å². The minimum Gasteiger partial charge on any atom is -0.357 e. The van der Waals surface area contributed by atoms with Crippen molar-refractivity contribution < 1.29 is 14.5 Å². The van der Waals surface area contributed by atoms with Crippen LogP contribution in [0.2, 0.25) is 0 Å². The maximum absolute atomic E-state index is 11.1. The molecule has 0 bridgehead atoms. The largest absolute Gasteiger partial charge is 0.357 e. The van der Waals surface area contributed by atoms with Crippen molar-refractivity contribution in [1.82, 2.24) is 5.32 Å². The Bertz CT molecular complexity index is 649. The van der Waals surface area contributed by atoms with E-state index < -0.39 is 17.1 Å². The van der Waals surface area contributed by atoms with Gasteiger partial charge in [0.1, 0.15) is 12.2 Å². The van der Waals surface area contributed by atoms with E-state index in [2.05, 4.69) is 5.32 Å². The van der Waals surface area contributed by atoms with E-state index in [9.17, 15) is 14.9 Å². The fraction of sp³-hybridized carbons (Fsp3) is 0.278. The topological polar surface area (TPSA) is 81.5 Å². The van der Waals surface area contributed by atoms with Crippen LogP contribution in [0.4, 0.5) is 0 Å². The smallest absolute Gasteiger partial charge is 0.233 e. The number of nitrogens with zero attached hydrogens (tertiary/aromatic N) is 1. The Labute approximate surface area is 140 Å². The van der Waals surface area contributed by atoms with Crippen LogP contribution in [0, 0.1) is 10.1 Å². The van der Waals surface area contributed by atoms with Crippen LogP contribution in [-0.4, -0.2) is 23.9 Å². The second-order valence-corrected chi connectivity index (χ2v) is 5.46. The number of ether oxygens (including phenoxy) is 1. The molecule has 0 aromatic heterocycles. The van der Waals surface area contributed by atoms with Crippen molar-refractivity contribution in [3.8, 4) is 0 Å². The van der Waals surface area contributed by atoms with E-state index in [0.29, 0.717) is 6.41 Å². The molecule has 2 rings (SSSR count). The summed E-state index contributed by atoms with van der Waals surface area (Å²) in [5, 5.41) is 13.7. The Morgan fingerprint density at radius 1 is 1.08 bits per heavy atom. The van der Waals surface area contributed by atoms with Crippen LogP contribution in [0.1, 0.15) is 30.3 Å². The number of nitrogens with one attached hydrogen (secondary N) is 1. The van der Waals surface area contributed by atoms with Gasteiger partial charge in [0.15, 0.2) is 0 Å². The van der Waals surface area contributed by atoms with E-state index in [4.69, 9.17) is 4.74 Å². The van der Waals surface area contributed by atoms with Crippen molar-refractivity contribution >= 4 is 6.41 Å². The zero-order chi connectivity index (χ0) is 17.4. The Morgan fingerprint density at radius 2 is 1.62 bits per heavy atom. The van der Waals surface area contributed by atoms with Gasteiger partial charge < -0.3 is 10.1 Å². The summed E-state index contributed by atoms with van der Waals surface area (Å²) in [6, 6.07) is 18.1. The van der Waals surface area contributed by atoms with Crippen LogP contribution in [-0.2, 0) is 9.53 Å². The number of carbonyl (C=O) groups is 1. The van der Waals surface area contributed by atoms with Gasteiger partial charge >= 0.3 is 0 Å². The van der Waals surface area contributed by atoms with Gasteiger partial charge in [-0.05, 0) is 18.1 Å². The van der Waals surface area contributed by atoms with Gasteiger partial charge in [-0.2, -0.15) is 0 Å². The minimum absolute atomic E-state index is 0.331. The van der Waals surface area contributed by atoms with Crippen molar-refractivity contribution in [3.63, 3.8) is 0 Å². The molecule has 3 atom stereocenters. The molecule has 6 nitrogen and oxygen atoms in total. The highest BCUT2D eigenvalue weighted by molar-refractivity contribution is 5.47. The molecule has 0 heterocycles. The van der Waals surface area contributed by atoms with Gasteiger partial charge in [-0.3, -0.25) is 14.9 Å². The standard InChI is InChI=1S/C18H20N2O4/c1-14(19-13-21)18(16-10-6-3-7-11-16)24-17(12-20(22)23)15-8-4-2-5-9-15/h2-11,13-14,17-18H,12H2,1H3,(H,19,21)/t14-,17+,18-/m0/s1. The van der Waals surface area contributed by atoms with Crippen LogP contribution in [0.5, 0.6) is 0 Å². The lowest BCUT2D eigenvalue weighted by atomic mass is 10.0. The summed E-state index contributed by atoms with van der Waals surface area (Å²) in [7, 11) is 0. The van der Waals surface area contributed by atoms with Crippen LogP contribution in [0.3, 0.4) is 0 Å². The van der Waals surface area contributed by atoms with Gasteiger partial charge in [0.25, 0.3) is 0 Å². The number of hydrogen-bond donors (Lipinski definition) is 1. The average molecular weight is 328 g/mol. The molecule has 24 heavy (non-hydrogen) atoms. The van der Waals surface area contributed by atoms with Crippen molar-refractivity contribution in [1.29, 1.82) is 0 Å². The second-order valence-electron chi connectivity index (χ2n) is 5.46. The molecule has 0 spiro atoms. The van der Waals surface area contributed by atoms with Crippen molar-refractivity contribution in [2.75, 3.05) is 6.54 Å². The summed E-state index contributed by atoms with van der Waals surface area (Å²) < 4.78 is 6.08. The second kappa shape index (κ2) is 8.79. The molecule has 0 aliphatic heterocycles. The quantitative estimate of drug-likeness (QED) is 0.436. The number of rotatable bonds is 9. The highest BCUT2D eigenvalue weighted by Crippen LogP contribution is 2.29. The molecule has 0 fully saturated rings. The fourth-order valence-corrected chi connectivity index (χ4v) is 2.53. The predicted molar refractivity (Wildman–Crippen MR) is 90.0 cm³/mol. The molecule has 0 saturated heterocycles. The van der Waals surface area contributed by atoms with Gasteiger partial charge in [-0.15, -0.1) is 0 Å². The molecule has 0 aliphatic carbocycles. The summed E-state index contributed by atoms with van der Waals surface area (Å²) in [6.07, 6.45) is -0.599. The number of hydrogen-bond acceptors (Lipinski definition) is 4. The van der Waals surface area contributed by atoms with Crippen LogP contribution in [0.25, 0.3) is 0 Å². The molecule has 1 amide bonds. The minimum atomic E-state index is -0.706. The molecule has 6 heteroatoms. The van der Waals surface area contributed by atoms with E-state index in [1.807, 2.05) is 48.5 Å². The van der Waals surface area contributed by atoms with Crippen LogP contribution < -0.4 is 5.32 Å². The fourth-order valence-electron chi connectivity index (χ4n) is 2.53. The number of amides is 1.